The summed E-state index contributed by atoms with van der Waals surface area (Å²) in [5.74, 6) is -0.240. The number of aryl methyl sites for hydroxylation is 2. The van der Waals surface area contributed by atoms with E-state index in [9.17, 15) is 4.79 Å². The first kappa shape index (κ1) is 14.5. The van der Waals surface area contributed by atoms with Crippen LogP contribution in [0.25, 0.3) is 0 Å². The van der Waals surface area contributed by atoms with Gasteiger partial charge < -0.3 is 4.74 Å². The van der Waals surface area contributed by atoms with Crippen molar-refractivity contribution >= 4 is 17.7 Å². The third kappa shape index (κ3) is 3.74. The van der Waals surface area contributed by atoms with Crippen LogP contribution >= 0.6 is 11.8 Å². The highest BCUT2D eigenvalue weighted by atomic mass is 32.2. The quantitative estimate of drug-likeness (QED) is 0.618. The Labute approximate surface area is 111 Å². The fourth-order valence-electron chi connectivity index (χ4n) is 1.60. The second-order valence-electron chi connectivity index (χ2n) is 4.04. The summed E-state index contributed by atoms with van der Waals surface area (Å²) in [4.78, 5) is 16.3. The number of nitriles is 1. The van der Waals surface area contributed by atoms with Crippen LogP contribution in [0.3, 0.4) is 0 Å². The Balaban J connectivity index is 2.90. The maximum Gasteiger partial charge on any atom is 0.306 e. The molecule has 0 radical (unpaired) electrons. The van der Waals surface area contributed by atoms with E-state index >= 15 is 0 Å². The number of hydrogen-bond acceptors (Lipinski definition) is 5. The molecule has 1 rings (SSSR count). The Morgan fingerprint density at radius 3 is 2.83 bits per heavy atom. The van der Waals surface area contributed by atoms with Gasteiger partial charge in [0.1, 0.15) is 6.07 Å². The maximum atomic E-state index is 11.2. The number of carbonyl (C=O) groups is 1. The molecule has 0 bridgehead atoms. The summed E-state index contributed by atoms with van der Waals surface area (Å²) in [6, 6.07) is 4.04. The smallest absolute Gasteiger partial charge is 0.306 e. The van der Waals surface area contributed by atoms with E-state index in [1.165, 1.54) is 18.9 Å². The molecule has 0 aliphatic carbocycles. The van der Waals surface area contributed by atoms with E-state index in [1.807, 2.05) is 26.8 Å². The number of carbonyl (C=O) groups excluding carboxylic acids is 1. The fraction of sp³-hybridized carbons (Fsp3) is 0.462. The number of rotatable bonds is 4. The van der Waals surface area contributed by atoms with Gasteiger partial charge in [0.15, 0.2) is 0 Å². The molecule has 0 aromatic carbocycles. The van der Waals surface area contributed by atoms with Gasteiger partial charge in [0.05, 0.1) is 24.8 Å². The van der Waals surface area contributed by atoms with E-state index in [-0.39, 0.29) is 11.2 Å². The topological polar surface area (TPSA) is 63.0 Å². The van der Waals surface area contributed by atoms with Crippen LogP contribution in [0.5, 0.6) is 0 Å². The molecule has 0 aliphatic heterocycles. The van der Waals surface area contributed by atoms with Crippen molar-refractivity contribution in [2.75, 3.05) is 7.11 Å². The highest BCUT2D eigenvalue weighted by Crippen LogP contribution is 2.30. The molecule has 1 aromatic heterocycles. The van der Waals surface area contributed by atoms with Crippen LogP contribution in [0.4, 0.5) is 0 Å². The van der Waals surface area contributed by atoms with Crippen molar-refractivity contribution in [1.82, 2.24) is 4.98 Å². The second kappa shape index (κ2) is 6.41. The fourth-order valence-corrected chi connectivity index (χ4v) is 2.80. The van der Waals surface area contributed by atoms with E-state index in [0.29, 0.717) is 12.0 Å². The van der Waals surface area contributed by atoms with Crippen LogP contribution < -0.4 is 0 Å². The molecule has 0 fully saturated rings. The molecule has 1 unspecified atom stereocenters. The number of ether oxygens (including phenoxy) is 1. The van der Waals surface area contributed by atoms with Crippen LogP contribution in [0.1, 0.15) is 30.3 Å². The zero-order valence-electron chi connectivity index (χ0n) is 11.0. The molecular formula is C13H16N2O2S. The average Bonchev–Trinajstić information content (AvgIpc) is 2.28. The third-order valence-corrected chi connectivity index (χ3v) is 3.56. The van der Waals surface area contributed by atoms with Gasteiger partial charge in [-0.25, -0.2) is 0 Å². The number of esters is 1. The van der Waals surface area contributed by atoms with E-state index in [2.05, 4.69) is 15.8 Å². The van der Waals surface area contributed by atoms with Crippen LogP contribution in [-0.4, -0.2) is 23.3 Å². The zero-order valence-corrected chi connectivity index (χ0v) is 11.8. The molecule has 1 aromatic rings. The lowest BCUT2D eigenvalue weighted by atomic mass is 10.2. The molecular weight excluding hydrogens is 248 g/mol. The van der Waals surface area contributed by atoms with Gasteiger partial charge >= 0.3 is 5.97 Å². The molecule has 0 saturated heterocycles. The first-order valence-corrected chi connectivity index (χ1v) is 6.47. The largest absolute Gasteiger partial charge is 0.469 e. The molecule has 4 nitrogen and oxygen atoms in total. The van der Waals surface area contributed by atoms with Gasteiger partial charge in [-0.1, -0.05) is 6.92 Å². The lowest BCUT2D eigenvalue weighted by Gasteiger charge is -2.12. The van der Waals surface area contributed by atoms with Gasteiger partial charge in [0.2, 0.25) is 0 Å². The first-order valence-electron chi connectivity index (χ1n) is 5.59. The van der Waals surface area contributed by atoms with Crippen LogP contribution in [-0.2, 0) is 9.53 Å². The predicted octanol–water partition coefficient (Wildman–Crippen LogP) is 2.61. The Bertz CT molecular complexity index is 494. The molecule has 0 saturated carbocycles. The minimum atomic E-state index is -0.240. The molecule has 96 valence electrons. The standard InChI is InChI=1S/C13H16N2O2S/c1-8-5-12(11(7-14)10(3)15-8)18-9(2)6-13(16)17-4/h5,9H,6H2,1-4H3. The summed E-state index contributed by atoms with van der Waals surface area (Å²) in [5.41, 5.74) is 2.19. The lowest BCUT2D eigenvalue weighted by Crippen LogP contribution is -2.09. The summed E-state index contributed by atoms with van der Waals surface area (Å²) in [7, 11) is 1.38. The summed E-state index contributed by atoms with van der Waals surface area (Å²) in [5, 5.41) is 9.20. The van der Waals surface area contributed by atoms with E-state index < -0.39 is 0 Å². The number of aromatic nitrogens is 1. The van der Waals surface area contributed by atoms with Crippen LogP contribution in [0.2, 0.25) is 0 Å². The summed E-state index contributed by atoms with van der Waals surface area (Å²) in [6.07, 6.45) is 0.326. The van der Waals surface area contributed by atoms with Gasteiger partial charge in [-0.2, -0.15) is 5.26 Å². The van der Waals surface area contributed by atoms with Crippen LogP contribution in [0.15, 0.2) is 11.0 Å². The van der Waals surface area contributed by atoms with Crippen molar-refractivity contribution in [2.24, 2.45) is 0 Å². The number of methoxy groups -OCH3 is 1. The SMILES string of the molecule is COC(=O)CC(C)Sc1cc(C)nc(C)c1C#N. The number of thioether (sulfide) groups is 1. The Hall–Kier alpha value is -1.54. The first-order chi connectivity index (χ1) is 8.47. The average molecular weight is 264 g/mol. The zero-order chi connectivity index (χ0) is 13.7. The minimum absolute atomic E-state index is 0.0609. The lowest BCUT2D eigenvalue weighted by molar-refractivity contribution is -0.140. The molecule has 1 atom stereocenters. The maximum absolute atomic E-state index is 11.2. The van der Waals surface area contributed by atoms with Crippen LogP contribution in [0, 0.1) is 25.2 Å². The Morgan fingerprint density at radius 2 is 2.28 bits per heavy atom. The number of nitrogens with zero attached hydrogens (tertiary/aromatic N) is 2. The van der Waals surface area contributed by atoms with Crippen molar-refractivity contribution < 1.29 is 9.53 Å². The summed E-state index contributed by atoms with van der Waals surface area (Å²) >= 11 is 1.50. The van der Waals surface area contributed by atoms with E-state index in [4.69, 9.17) is 5.26 Å². The minimum Gasteiger partial charge on any atom is -0.469 e. The third-order valence-electron chi connectivity index (χ3n) is 2.41. The van der Waals surface area contributed by atoms with Gasteiger partial charge in [-0.15, -0.1) is 11.8 Å². The summed E-state index contributed by atoms with van der Waals surface area (Å²) < 4.78 is 4.63. The predicted molar refractivity (Wildman–Crippen MR) is 70.4 cm³/mol. The number of hydrogen-bond donors (Lipinski definition) is 0. The van der Waals surface area contributed by atoms with Gasteiger partial charge in [-0.05, 0) is 19.9 Å². The highest BCUT2D eigenvalue weighted by molar-refractivity contribution is 8.00. The Morgan fingerprint density at radius 1 is 1.61 bits per heavy atom. The number of pyridine rings is 1. The van der Waals surface area contributed by atoms with Crippen molar-refractivity contribution in [3.63, 3.8) is 0 Å². The Kier molecular flexibility index (Phi) is 5.17. The second-order valence-corrected chi connectivity index (χ2v) is 5.52. The van der Waals surface area contributed by atoms with Crippen molar-refractivity contribution in [1.29, 1.82) is 5.26 Å². The van der Waals surface area contributed by atoms with Crippen molar-refractivity contribution in [2.45, 2.75) is 37.3 Å². The van der Waals surface area contributed by atoms with Crippen molar-refractivity contribution in [3.8, 4) is 6.07 Å². The van der Waals surface area contributed by atoms with E-state index in [1.54, 1.807) is 0 Å². The molecule has 0 amide bonds. The molecule has 5 heteroatoms. The highest BCUT2D eigenvalue weighted by Gasteiger charge is 2.15. The van der Waals surface area contributed by atoms with Gasteiger partial charge in [0.25, 0.3) is 0 Å². The van der Waals surface area contributed by atoms with Gasteiger partial charge in [0, 0.05) is 15.8 Å². The molecule has 18 heavy (non-hydrogen) atoms. The van der Waals surface area contributed by atoms with E-state index in [0.717, 1.165) is 16.3 Å². The van der Waals surface area contributed by atoms with Gasteiger partial charge in [-0.3, -0.25) is 9.78 Å². The molecule has 0 spiro atoms. The molecule has 1 heterocycles. The summed E-state index contributed by atoms with van der Waals surface area (Å²) in [6.45, 7) is 5.65. The van der Waals surface area contributed by atoms with Crippen molar-refractivity contribution in [3.05, 3.63) is 23.0 Å². The molecule has 0 N–H and O–H groups in total. The normalized spacial score (nSPS) is 11.7. The monoisotopic (exact) mass is 264 g/mol. The molecule has 0 aliphatic rings.